The van der Waals surface area contributed by atoms with Crippen LogP contribution in [-0.2, 0) is 14.8 Å². The number of nitrogens with zero attached hydrogens (tertiary/aromatic N) is 2. The van der Waals surface area contributed by atoms with Crippen molar-refractivity contribution in [3.05, 3.63) is 91.3 Å². The van der Waals surface area contributed by atoms with Gasteiger partial charge in [-0.2, -0.15) is 0 Å². The highest BCUT2D eigenvalue weighted by Gasteiger charge is 2.18. The van der Waals surface area contributed by atoms with E-state index < -0.39 is 10.0 Å². The first-order valence-corrected chi connectivity index (χ1v) is 12.0. The van der Waals surface area contributed by atoms with E-state index in [1.165, 1.54) is 43.8 Å². The van der Waals surface area contributed by atoms with Gasteiger partial charge in [0.25, 0.3) is 21.8 Å². The zero-order valence-corrected chi connectivity index (χ0v) is 19.5. The number of carbonyl (C=O) groups excluding carboxylic acids is 1. The first-order chi connectivity index (χ1) is 16.9. The van der Waals surface area contributed by atoms with Crippen molar-refractivity contribution in [2.45, 2.75) is 4.90 Å². The molecule has 0 atom stereocenters. The Morgan fingerprint density at radius 2 is 1.51 bits per heavy atom. The van der Waals surface area contributed by atoms with Crippen molar-refractivity contribution in [2.24, 2.45) is 0 Å². The predicted molar refractivity (Wildman–Crippen MR) is 132 cm³/mol. The predicted octanol–water partition coefficient (Wildman–Crippen LogP) is 3.97. The van der Waals surface area contributed by atoms with E-state index >= 15 is 0 Å². The molecule has 10 heteroatoms. The maximum Gasteiger partial charge on any atom is 0.263 e. The number of rotatable bonds is 9. The van der Waals surface area contributed by atoms with E-state index in [0.717, 1.165) is 11.1 Å². The van der Waals surface area contributed by atoms with E-state index in [2.05, 4.69) is 20.0 Å². The number of sulfonamides is 1. The van der Waals surface area contributed by atoms with Gasteiger partial charge in [0.1, 0.15) is 5.75 Å². The number of methoxy groups -OCH3 is 1. The van der Waals surface area contributed by atoms with Gasteiger partial charge in [0.2, 0.25) is 5.82 Å². The Morgan fingerprint density at radius 1 is 0.857 bits per heavy atom. The number of amides is 1. The molecule has 0 saturated heterocycles. The van der Waals surface area contributed by atoms with Crippen LogP contribution < -0.4 is 19.5 Å². The van der Waals surface area contributed by atoms with E-state index in [1.807, 2.05) is 42.5 Å². The summed E-state index contributed by atoms with van der Waals surface area (Å²) < 4.78 is 38.2. The van der Waals surface area contributed by atoms with E-state index in [1.54, 1.807) is 12.1 Å². The van der Waals surface area contributed by atoms with E-state index in [9.17, 15) is 13.2 Å². The Kier molecular flexibility index (Phi) is 7.22. The minimum absolute atomic E-state index is 0.0158. The number of hydrogen-bond acceptors (Lipinski definition) is 7. The molecular weight excluding hydrogens is 468 g/mol. The van der Waals surface area contributed by atoms with Gasteiger partial charge in [0.05, 0.1) is 12.0 Å². The minimum atomic E-state index is -3.93. The lowest BCUT2D eigenvalue weighted by molar-refractivity contribution is -0.118. The monoisotopic (exact) mass is 490 g/mol. The van der Waals surface area contributed by atoms with Crippen LogP contribution in [0.5, 0.6) is 11.6 Å². The summed E-state index contributed by atoms with van der Waals surface area (Å²) >= 11 is 0. The van der Waals surface area contributed by atoms with Crippen LogP contribution in [0.1, 0.15) is 0 Å². The Hall–Kier alpha value is -4.44. The van der Waals surface area contributed by atoms with Crippen LogP contribution in [-0.4, -0.2) is 38.0 Å². The molecule has 2 N–H and O–H groups in total. The highest BCUT2D eigenvalue weighted by molar-refractivity contribution is 7.92. The standard InChI is InChI=1S/C25H22N4O5S/c1-33-25-24(26-15-16-27-25)29-35(31,32)22-13-9-20(10-14-22)28-23(30)17-34-21-11-7-19(8-12-21)18-5-3-2-4-6-18/h2-16H,17H2,1H3,(H,26,29)(H,28,30). The van der Waals surface area contributed by atoms with Gasteiger partial charge in [-0.15, -0.1) is 0 Å². The summed E-state index contributed by atoms with van der Waals surface area (Å²) in [5.41, 5.74) is 2.56. The third-order valence-electron chi connectivity index (χ3n) is 4.87. The van der Waals surface area contributed by atoms with Crippen molar-refractivity contribution in [1.82, 2.24) is 9.97 Å². The Morgan fingerprint density at radius 3 is 2.20 bits per heavy atom. The van der Waals surface area contributed by atoms with Crippen molar-refractivity contribution in [3.63, 3.8) is 0 Å². The average Bonchev–Trinajstić information content (AvgIpc) is 2.89. The summed E-state index contributed by atoms with van der Waals surface area (Å²) in [5, 5.41) is 2.67. The van der Waals surface area contributed by atoms with Crippen molar-refractivity contribution >= 4 is 27.4 Å². The summed E-state index contributed by atoms with van der Waals surface area (Å²) in [5.74, 6) is 0.206. The van der Waals surface area contributed by atoms with Crippen LogP contribution in [0.15, 0.2) is 96.2 Å². The quantitative estimate of drug-likeness (QED) is 0.364. The molecule has 4 rings (SSSR count). The molecular formula is C25H22N4O5S. The summed E-state index contributed by atoms with van der Waals surface area (Å²) in [4.78, 5) is 20.1. The van der Waals surface area contributed by atoms with Gasteiger partial charge in [0.15, 0.2) is 6.61 Å². The summed E-state index contributed by atoms with van der Waals surface area (Å²) in [7, 11) is -2.57. The molecule has 0 aliphatic rings. The average molecular weight is 491 g/mol. The lowest BCUT2D eigenvalue weighted by Gasteiger charge is -2.11. The third kappa shape index (κ3) is 6.12. The van der Waals surface area contributed by atoms with E-state index in [-0.39, 0.29) is 29.1 Å². The Labute approximate surface area is 202 Å². The van der Waals surface area contributed by atoms with Crippen LogP contribution in [0.4, 0.5) is 11.5 Å². The second-order valence-corrected chi connectivity index (χ2v) is 8.95. The van der Waals surface area contributed by atoms with Crippen molar-refractivity contribution in [2.75, 3.05) is 23.8 Å². The SMILES string of the molecule is COc1nccnc1NS(=O)(=O)c1ccc(NC(=O)COc2ccc(-c3ccccc3)cc2)cc1. The molecule has 0 spiro atoms. The highest BCUT2D eigenvalue weighted by Crippen LogP contribution is 2.23. The van der Waals surface area contributed by atoms with Gasteiger partial charge in [0, 0.05) is 18.1 Å². The molecule has 0 radical (unpaired) electrons. The van der Waals surface area contributed by atoms with Crippen molar-refractivity contribution in [1.29, 1.82) is 0 Å². The Balaban J connectivity index is 1.32. The molecule has 3 aromatic carbocycles. The third-order valence-corrected chi connectivity index (χ3v) is 6.22. The molecule has 35 heavy (non-hydrogen) atoms. The summed E-state index contributed by atoms with van der Waals surface area (Å²) in [6, 6.07) is 23.1. The van der Waals surface area contributed by atoms with Crippen LogP contribution in [0.25, 0.3) is 11.1 Å². The lowest BCUT2D eigenvalue weighted by atomic mass is 10.1. The van der Waals surface area contributed by atoms with E-state index in [4.69, 9.17) is 9.47 Å². The van der Waals surface area contributed by atoms with Gasteiger partial charge < -0.3 is 14.8 Å². The fourth-order valence-electron chi connectivity index (χ4n) is 3.17. The van der Waals surface area contributed by atoms with Crippen LogP contribution in [0.2, 0.25) is 0 Å². The molecule has 9 nitrogen and oxygen atoms in total. The molecule has 1 aromatic heterocycles. The van der Waals surface area contributed by atoms with Crippen LogP contribution in [0.3, 0.4) is 0 Å². The number of hydrogen-bond donors (Lipinski definition) is 2. The van der Waals surface area contributed by atoms with E-state index in [0.29, 0.717) is 11.4 Å². The first kappa shape index (κ1) is 23.7. The minimum Gasteiger partial charge on any atom is -0.484 e. The number of nitrogens with one attached hydrogen (secondary N) is 2. The largest absolute Gasteiger partial charge is 0.484 e. The molecule has 1 amide bonds. The number of aromatic nitrogens is 2. The molecule has 0 unspecified atom stereocenters. The first-order valence-electron chi connectivity index (χ1n) is 10.5. The number of anilines is 2. The van der Waals surface area contributed by atoms with Crippen LogP contribution in [0, 0.1) is 0 Å². The zero-order chi connectivity index (χ0) is 24.7. The summed E-state index contributed by atoms with van der Waals surface area (Å²) in [6.45, 7) is -0.196. The molecule has 0 bridgehead atoms. The fraction of sp³-hybridized carbons (Fsp3) is 0.0800. The second-order valence-electron chi connectivity index (χ2n) is 7.27. The van der Waals surface area contributed by atoms with Crippen LogP contribution >= 0.6 is 0 Å². The molecule has 0 aliphatic carbocycles. The van der Waals surface area contributed by atoms with Crippen molar-refractivity contribution < 1.29 is 22.7 Å². The maximum atomic E-state index is 12.6. The molecule has 0 aliphatic heterocycles. The smallest absolute Gasteiger partial charge is 0.263 e. The van der Waals surface area contributed by atoms with Gasteiger partial charge in [-0.3, -0.25) is 9.52 Å². The fourth-order valence-corrected chi connectivity index (χ4v) is 4.18. The molecule has 0 fully saturated rings. The molecule has 1 heterocycles. The van der Waals surface area contributed by atoms with Gasteiger partial charge in [-0.05, 0) is 47.5 Å². The normalized spacial score (nSPS) is 10.9. The molecule has 4 aromatic rings. The van der Waals surface area contributed by atoms with Crippen molar-refractivity contribution in [3.8, 4) is 22.8 Å². The van der Waals surface area contributed by atoms with Gasteiger partial charge in [-0.25, -0.2) is 18.4 Å². The number of ether oxygens (including phenoxy) is 2. The highest BCUT2D eigenvalue weighted by atomic mass is 32.2. The van der Waals surface area contributed by atoms with Gasteiger partial charge >= 0.3 is 0 Å². The molecule has 0 saturated carbocycles. The lowest BCUT2D eigenvalue weighted by Crippen LogP contribution is -2.20. The molecule has 178 valence electrons. The maximum absolute atomic E-state index is 12.6. The summed E-state index contributed by atoms with van der Waals surface area (Å²) in [6.07, 6.45) is 2.73. The number of benzene rings is 3. The number of carbonyl (C=O) groups is 1. The topological polar surface area (TPSA) is 120 Å². The second kappa shape index (κ2) is 10.7. The zero-order valence-electron chi connectivity index (χ0n) is 18.7. The Bertz CT molecular complexity index is 1390. The van der Waals surface area contributed by atoms with Gasteiger partial charge in [-0.1, -0.05) is 42.5 Å².